The van der Waals surface area contributed by atoms with Crippen molar-refractivity contribution in [3.05, 3.63) is 30.3 Å². The molecule has 0 amide bonds. The second-order valence-electron chi connectivity index (χ2n) is 4.41. The van der Waals surface area contributed by atoms with Gasteiger partial charge in [0.1, 0.15) is 17.2 Å². The Morgan fingerprint density at radius 3 is 1.48 bits per heavy atom. The van der Waals surface area contributed by atoms with Gasteiger partial charge in [0.2, 0.25) is 0 Å². The smallest absolute Gasteiger partial charge is 0.170 e. The predicted octanol–water partition coefficient (Wildman–Crippen LogP) is 3.84. The fourth-order valence-corrected chi connectivity index (χ4v) is 2.01. The second-order valence-corrected chi connectivity index (χ2v) is 4.41. The van der Waals surface area contributed by atoms with Crippen molar-refractivity contribution in [3.8, 4) is 28.7 Å². The topological polar surface area (TPSA) is 81.9 Å². The second kappa shape index (κ2) is 7.35. The van der Waals surface area contributed by atoms with Crippen molar-refractivity contribution in [2.45, 2.75) is 0 Å². The Morgan fingerprint density at radius 2 is 1.09 bits per heavy atom. The van der Waals surface area contributed by atoms with Gasteiger partial charge in [-0.05, 0) is 12.1 Å². The molecule has 0 radical (unpaired) electrons. The van der Waals surface area contributed by atoms with E-state index in [1.807, 2.05) is 0 Å². The summed E-state index contributed by atoms with van der Waals surface area (Å²) in [5.74, 6) is 1.71. The molecule has 0 fully saturated rings. The Bertz CT molecular complexity index is 668. The first-order valence-corrected chi connectivity index (χ1v) is 6.72. The minimum atomic E-state index is 0.00697. The first-order valence-electron chi connectivity index (χ1n) is 6.72. The van der Waals surface area contributed by atoms with E-state index in [1.54, 1.807) is 18.2 Å². The third-order valence-corrected chi connectivity index (χ3v) is 3.12. The molecule has 0 spiro atoms. The number of phenols is 1. The average molecular weight is 318 g/mol. The van der Waals surface area contributed by atoms with E-state index in [9.17, 15) is 5.11 Å². The molecule has 0 saturated carbocycles. The summed E-state index contributed by atoms with van der Waals surface area (Å²) in [7, 11) is 6.01. The van der Waals surface area contributed by atoms with Gasteiger partial charge >= 0.3 is 0 Å². The molecule has 0 aliphatic rings. The molecular formula is C16H18N2O5. The van der Waals surface area contributed by atoms with Crippen LogP contribution in [0.25, 0.3) is 0 Å². The van der Waals surface area contributed by atoms with Crippen molar-refractivity contribution in [3.63, 3.8) is 0 Å². The van der Waals surface area contributed by atoms with E-state index in [0.717, 1.165) is 0 Å². The van der Waals surface area contributed by atoms with Crippen LogP contribution in [0.4, 0.5) is 11.4 Å². The van der Waals surface area contributed by atoms with Gasteiger partial charge in [0.15, 0.2) is 22.9 Å². The lowest BCUT2D eigenvalue weighted by molar-refractivity contribution is 0.386. The maximum absolute atomic E-state index is 9.66. The molecule has 122 valence electrons. The first kappa shape index (κ1) is 16.4. The molecule has 0 atom stereocenters. The van der Waals surface area contributed by atoms with Gasteiger partial charge in [-0.15, -0.1) is 10.2 Å². The van der Waals surface area contributed by atoms with E-state index < -0.39 is 0 Å². The highest BCUT2D eigenvalue weighted by molar-refractivity contribution is 5.66. The maximum atomic E-state index is 9.66. The molecule has 1 N–H and O–H groups in total. The van der Waals surface area contributed by atoms with Crippen molar-refractivity contribution in [1.82, 2.24) is 0 Å². The van der Waals surface area contributed by atoms with E-state index in [1.165, 1.54) is 40.6 Å². The van der Waals surface area contributed by atoms with Crippen LogP contribution in [0.3, 0.4) is 0 Å². The van der Waals surface area contributed by atoms with Gasteiger partial charge in [-0.2, -0.15) is 0 Å². The zero-order valence-electron chi connectivity index (χ0n) is 13.4. The number of methoxy groups -OCH3 is 4. The number of hydrogen-bond donors (Lipinski definition) is 1. The van der Waals surface area contributed by atoms with Gasteiger partial charge < -0.3 is 24.1 Å². The molecular weight excluding hydrogens is 300 g/mol. The summed E-state index contributed by atoms with van der Waals surface area (Å²) in [4.78, 5) is 0. The number of nitrogens with zero attached hydrogens (tertiary/aromatic N) is 2. The van der Waals surface area contributed by atoms with E-state index in [0.29, 0.717) is 34.4 Å². The van der Waals surface area contributed by atoms with Crippen LogP contribution < -0.4 is 18.9 Å². The molecule has 0 aromatic heterocycles. The van der Waals surface area contributed by atoms with Crippen LogP contribution >= 0.6 is 0 Å². The van der Waals surface area contributed by atoms with Crippen LogP contribution in [0.5, 0.6) is 28.7 Å². The van der Waals surface area contributed by atoms with Gasteiger partial charge in [0, 0.05) is 12.1 Å². The van der Waals surface area contributed by atoms with Gasteiger partial charge in [0.05, 0.1) is 28.4 Å². The molecule has 23 heavy (non-hydrogen) atoms. The van der Waals surface area contributed by atoms with Crippen molar-refractivity contribution in [1.29, 1.82) is 0 Å². The van der Waals surface area contributed by atoms with Crippen LogP contribution in [-0.4, -0.2) is 33.5 Å². The van der Waals surface area contributed by atoms with E-state index in [2.05, 4.69) is 10.2 Å². The molecule has 0 unspecified atom stereocenters. The molecule has 2 rings (SSSR count). The lowest BCUT2D eigenvalue weighted by Crippen LogP contribution is -1.89. The van der Waals surface area contributed by atoms with E-state index >= 15 is 0 Å². The Balaban J connectivity index is 2.53. The van der Waals surface area contributed by atoms with Gasteiger partial charge in [-0.1, -0.05) is 6.07 Å². The van der Waals surface area contributed by atoms with Gasteiger partial charge in [-0.25, -0.2) is 0 Å². The summed E-state index contributed by atoms with van der Waals surface area (Å²) in [5, 5.41) is 18.0. The fraction of sp³-hybridized carbons (Fsp3) is 0.250. The Kier molecular flexibility index (Phi) is 5.24. The fourth-order valence-electron chi connectivity index (χ4n) is 2.01. The highest BCUT2D eigenvalue weighted by Gasteiger charge is 2.14. The normalized spacial score (nSPS) is 10.6. The van der Waals surface area contributed by atoms with Crippen molar-refractivity contribution < 1.29 is 24.1 Å². The largest absolute Gasteiger partial charge is 0.508 e. The Morgan fingerprint density at radius 1 is 0.696 bits per heavy atom. The molecule has 0 bridgehead atoms. The third kappa shape index (κ3) is 3.45. The lowest BCUT2D eigenvalue weighted by Gasteiger charge is -2.11. The molecule has 0 heterocycles. The number of benzene rings is 2. The van der Waals surface area contributed by atoms with Crippen molar-refractivity contribution in [2.75, 3.05) is 28.4 Å². The summed E-state index contributed by atoms with van der Waals surface area (Å²) in [5.41, 5.74) is 0.787. The standard InChI is InChI=1S/C16H18N2O5/c1-20-11-6-5-7-12(21-2)15(11)17-18-16-13(22-3)8-10(19)9-14(16)23-4/h5-9,19H,1-4H3. The lowest BCUT2D eigenvalue weighted by atomic mass is 10.2. The number of ether oxygens (including phenoxy) is 4. The SMILES string of the molecule is COc1cccc(OC)c1N=Nc1c(OC)cc(O)cc1OC. The zero-order chi connectivity index (χ0) is 16.8. The summed E-state index contributed by atoms with van der Waals surface area (Å²) < 4.78 is 21.0. The number of rotatable bonds is 6. The van der Waals surface area contributed by atoms with Crippen molar-refractivity contribution in [2.24, 2.45) is 10.2 Å². The zero-order valence-corrected chi connectivity index (χ0v) is 13.4. The maximum Gasteiger partial charge on any atom is 0.170 e. The highest BCUT2D eigenvalue weighted by Crippen LogP contribution is 2.43. The van der Waals surface area contributed by atoms with Crippen LogP contribution in [-0.2, 0) is 0 Å². The summed E-state index contributed by atoms with van der Waals surface area (Å²) in [6.07, 6.45) is 0. The molecule has 2 aromatic rings. The van der Waals surface area contributed by atoms with Gasteiger partial charge in [0.25, 0.3) is 0 Å². The number of azo groups is 1. The summed E-state index contributed by atoms with van der Waals surface area (Å²) in [6, 6.07) is 8.15. The van der Waals surface area contributed by atoms with E-state index in [4.69, 9.17) is 18.9 Å². The minimum Gasteiger partial charge on any atom is -0.508 e. The van der Waals surface area contributed by atoms with Crippen LogP contribution in [0.2, 0.25) is 0 Å². The Hall–Kier alpha value is -2.96. The number of phenolic OH excluding ortho intramolecular Hbond substituents is 1. The van der Waals surface area contributed by atoms with Gasteiger partial charge in [-0.3, -0.25) is 0 Å². The molecule has 0 aliphatic heterocycles. The molecule has 7 nitrogen and oxygen atoms in total. The molecule has 0 aliphatic carbocycles. The predicted molar refractivity (Wildman–Crippen MR) is 84.9 cm³/mol. The Labute approximate surface area is 134 Å². The molecule has 7 heteroatoms. The highest BCUT2D eigenvalue weighted by atomic mass is 16.5. The van der Waals surface area contributed by atoms with E-state index in [-0.39, 0.29) is 5.75 Å². The minimum absolute atomic E-state index is 0.00697. The number of hydrogen-bond acceptors (Lipinski definition) is 7. The van der Waals surface area contributed by atoms with Crippen LogP contribution in [0, 0.1) is 0 Å². The molecule has 0 saturated heterocycles. The van der Waals surface area contributed by atoms with Crippen molar-refractivity contribution >= 4 is 11.4 Å². The van der Waals surface area contributed by atoms with Crippen LogP contribution in [0.15, 0.2) is 40.6 Å². The quantitative estimate of drug-likeness (QED) is 0.818. The number of aromatic hydroxyl groups is 1. The monoisotopic (exact) mass is 318 g/mol. The first-order chi connectivity index (χ1) is 11.1. The molecule has 2 aromatic carbocycles. The van der Waals surface area contributed by atoms with Crippen LogP contribution in [0.1, 0.15) is 0 Å². The summed E-state index contributed by atoms with van der Waals surface area (Å²) >= 11 is 0. The average Bonchev–Trinajstić information content (AvgIpc) is 2.59. The third-order valence-electron chi connectivity index (χ3n) is 3.12. The summed E-state index contributed by atoms with van der Waals surface area (Å²) in [6.45, 7) is 0.